The van der Waals surface area contributed by atoms with Gasteiger partial charge in [-0.25, -0.2) is 4.98 Å². The van der Waals surface area contributed by atoms with E-state index in [9.17, 15) is 4.79 Å². The fraction of sp³-hybridized carbons (Fsp3) is 0.727. The Morgan fingerprint density at radius 2 is 2.24 bits per heavy atom. The summed E-state index contributed by atoms with van der Waals surface area (Å²) in [5, 5.41) is 9.80. The molecule has 1 fully saturated rings. The van der Waals surface area contributed by atoms with Crippen molar-refractivity contribution < 1.29 is 9.90 Å². The van der Waals surface area contributed by atoms with Crippen LogP contribution < -0.4 is 4.90 Å². The van der Waals surface area contributed by atoms with Crippen molar-refractivity contribution >= 4 is 22.6 Å². The molecule has 0 aliphatic carbocycles. The van der Waals surface area contributed by atoms with Crippen LogP contribution >= 0.6 is 11.5 Å². The predicted molar refractivity (Wildman–Crippen MR) is 66.6 cm³/mol. The molecule has 2 heterocycles. The van der Waals surface area contributed by atoms with E-state index in [4.69, 9.17) is 5.11 Å². The third-order valence-electron chi connectivity index (χ3n) is 2.89. The maximum Gasteiger partial charge on any atom is 0.308 e. The minimum absolute atomic E-state index is 0.0549. The Balaban J connectivity index is 2.10. The fourth-order valence-electron chi connectivity index (χ4n) is 1.78. The molecule has 1 saturated heterocycles. The van der Waals surface area contributed by atoms with Gasteiger partial charge in [-0.15, -0.1) is 0 Å². The van der Waals surface area contributed by atoms with E-state index in [1.807, 2.05) is 4.90 Å². The van der Waals surface area contributed by atoms with Gasteiger partial charge in [0.25, 0.3) is 0 Å². The summed E-state index contributed by atoms with van der Waals surface area (Å²) in [7, 11) is 0. The van der Waals surface area contributed by atoms with Crippen molar-refractivity contribution in [1.82, 2.24) is 9.36 Å². The molecule has 1 N–H and O–H groups in total. The fourth-order valence-corrected chi connectivity index (χ4v) is 2.68. The van der Waals surface area contributed by atoms with Gasteiger partial charge in [-0.1, -0.05) is 20.8 Å². The van der Waals surface area contributed by atoms with Crippen LogP contribution in [0.5, 0.6) is 0 Å². The molecule has 0 saturated carbocycles. The van der Waals surface area contributed by atoms with Gasteiger partial charge in [0.2, 0.25) is 5.13 Å². The van der Waals surface area contributed by atoms with Gasteiger partial charge in [0.1, 0.15) is 5.82 Å². The van der Waals surface area contributed by atoms with Gasteiger partial charge in [-0.3, -0.25) is 4.79 Å². The second-order valence-electron chi connectivity index (χ2n) is 5.42. The average molecular weight is 255 g/mol. The SMILES string of the molecule is CC(C)(C)c1nsc(N2CCC(C(=O)O)C2)n1. The first-order chi connectivity index (χ1) is 7.88. The van der Waals surface area contributed by atoms with Gasteiger partial charge in [-0.05, 0) is 6.42 Å². The Labute approximate surface area is 105 Å². The highest BCUT2D eigenvalue weighted by Gasteiger charge is 2.30. The van der Waals surface area contributed by atoms with Crippen LogP contribution in [0, 0.1) is 5.92 Å². The molecule has 0 spiro atoms. The Bertz CT molecular complexity index is 425. The number of aromatic nitrogens is 2. The van der Waals surface area contributed by atoms with Crippen molar-refractivity contribution in [2.45, 2.75) is 32.6 Å². The first kappa shape index (κ1) is 12.3. The van der Waals surface area contributed by atoms with Gasteiger partial charge in [0.15, 0.2) is 0 Å². The summed E-state index contributed by atoms with van der Waals surface area (Å²) in [5.74, 6) is -0.152. The van der Waals surface area contributed by atoms with Crippen molar-refractivity contribution in [3.63, 3.8) is 0 Å². The first-order valence-electron chi connectivity index (χ1n) is 5.70. The maximum atomic E-state index is 10.9. The lowest BCUT2D eigenvalue weighted by molar-refractivity contribution is -0.140. The number of anilines is 1. The van der Waals surface area contributed by atoms with Crippen LogP contribution in [-0.2, 0) is 10.2 Å². The Morgan fingerprint density at radius 3 is 2.71 bits per heavy atom. The highest BCUT2D eigenvalue weighted by Crippen LogP contribution is 2.29. The first-order valence-corrected chi connectivity index (χ1v) is 6.47. The van der Waals surface area contributed by atoms with Crippen LogP contribution in [0.4, 0.5) is 5.13 Å². The van der Waals surface area contributed by atoms with Crippen molar-refractivity contribution in [1.29, 1.82) is 0 Å². The smallest absolute Gasteiger partial charge is 0.308 e. The Morgan fingerprint density at radius 1 is 1.53 bits per heavy atom. The molecule has 1 aromatic heterocycles. The minimum atomic E-state index is -0.715. The van der Waals surface area contributed by atoms with Crippen LogP contribution in [0.15, 0.2) is 0 Å². The lowest BCUT2D eigenvalue weighted by Crippen LogP contribution is -2.23. The molecule has 1 aromatic rings. The molecule has 0 aromatic carbocycles. The normalized spacial score (nSPS) is 20.9. The number of carbonyl (C=O) groups is 1. The molecule has 0 amide bonds. The Hall–Kier alpha value is -1.17. The molecule has 94 valence electrons. The van der Waals surface area contributed by atoms with E-state index in [-0.39, 0.29) is 11.3 Å². The topological polar surface area (TPSA) is 66.3 Å². The van der Waals surface area contributed by atoms with Gasteiger partial charge in [0, 0.05) is 30.0 Å². The molecule has 1 aliphatic heterocycles. The van der Waals surface area contributed by atoms with E-state index in [0.717, 1.165) is 17.5 Å². The van der Waals surface area contributed by atoms with E-state index in [1.165, 1.54) is 11.5 Å². The van der Waals surface area contributed by atoms with Crippen LogP contribution in [0.1, 0.15) is 33.0 Å². The van der Waals surface area contributed by atoms with Gasteiger partial charge in [-0.2, -0.15) is 4.37 Å². The highest BCUT2D eigenvalue weighted by molar-refractivity contribution is 7.09. The van der Waals surface area contributed by atoms with Crippen LogP contribution in [0.3, 0.4) is 0 Å². The van der Waals surface area contributed by atoms with Crippen molar-refractivity contribution in [2.75, 3.05) is 18.0 Å². The van der Waals surface area contributed by atoms with E-state index in [2.05, 4.69) is 30.1 Å². The van der Waals surface area contributed by atoms with Crippen LogP contribution in [0.25, 0.3) is 0 Å². The number of rotatable bonds is 2. The monoisotopic (exact) mass is 255 g/mol. The quantitative estimate of drug-likeness (QED) is 0.872. The zero-order valence-electron chi connectivity index (χ0n) is 10.3. The highest BCUT2D eigenvalue weighted by atomic mass is 32.1. The molecule has 1 aliphatic rings. The van der Waals surface area contributed by atoms with Crippen molar-refractivity contribution in [2.24, 2.45) is 5.92 Å². The molecule has 5 nitrogen and oxygen atoms in total. The summed E-state index contributed by atoms with van der Waals surface area (Å²) in [6.07, 6.45) is 0.694. The standard InChI is InChI=1S/C11H17N3O2S/c1-11(2,3)9-12-10(17-13-9)14-5-4-7(6-14)8(15)16/h7H,4-6H2,1-3H3,(H,15,16). The van der Waals surface area contributed by atoms with Crippen molar-refractivity contribution in [3.8, 4) is 0 Å². The zero-order chi connectivity index (χ0) is 12.6. The molecule has 2 rings (SSSR count). The van der Waals surface area contributed by atoms with Gasteiger partial charge in [0.05, 0.1) is 5.92 Å². The van der Waals surface area contributed by atoms with Crippen LogP contribution in [-0.4, -0.2) is 33.5 Å². The summed E-state index contributed by atoms with van der Waals surface area (Å²) in [4.78, 5) is 17.4. The van der Waals surface area contributed by atoms with Gasteiger partial charge >= 0.3 is 5.97 Å². The molecule has 6 heteroatoms. The number of carboxylic acid groups (broad SMARTS) is 1. The Kier molecular flexibility index (Phi) is 3.07. The molecule has 1 unspecified atom stereocenters. The second-order valence-corrected chi connectivity index (χ2v) is 6.15. The lowest BCUT2D eigenvalue weighted by Gasteiger charge is -2.14. The zero-order valence-corrected chi connectivity index (χ0v) is 11.1. The summed E-state index contributed by atoms with van der Waals surface area (Å²) < 4.78 is 4.34. The van der Waals surface area contributed by atoms with Crippen molar-refractivity contribution in [3.05, 3.63) is 5.82 Å². The third kappa shape index (κ3) is 2.57. The number of carboxylic acids is 1. The second kappa shape index (κ2) is 4.25. The molecule has 1 atom stereocenters. The number of hydrogen-bond acceptors (Lipinski definition) is 5. The van der Waals surface area contributed by atoms with Gasteiger partial charge < -0.3 is 10.0 Å². The number of aliphatic carboxylic acids is 1. The number of hydrogen-bond donors (Lipinski definition) is 1. The van der Waals surface area contributed by atoms with E-state index in [0.29, 0.717) is 13.0 Å². The third-order valence-corrected chi connectivity index (χ3v) is 3.67. The summed E-state index contributed by atoms with van der Waals surface area (Å²) in [6, 6.07) is 0. The van der Waals surface area contributed by atoms with Crippen LogP contribution in [0.2, 0.25) is 0 Å². The molecule has 0 radical (unpaired) electrons. The predicted octanol–water partition coefficient (Wildman–Crippen LogP) is 1.75. The summed E-state index contributed by atoms with van der Waals surface area (Å²) in [6.45, 7) is 7.53. The minimum Gasteiger partial charge on any atom is -0.481 e. The lowest BCUT2D eigenvalue weighted by atomic mass is 9.96. The molecular formula is C11H17N3O2S. The van der Waals surface area contributed by atoms with E-state index < -0.39 is 5.97 Å². The number of nitrogens with zero attached hydrogens (tertiary/aromatic N) is 3. The maximum absolute atomic E-state index is 10.9. The molecule has 0 bridgehead atoms. The summed E-state index contributed by atoms with van der Waals surface area (Å²) in [5.41, 5.74) is -0.0549. The molecular weight excluding hydrogens is 238 g/mol. The molecule has 17 heavy (non-hydrogen) atoms. The summed E-state index contributed by atoms with van der Waals surface area (Å²) >= 11 is 1.36. The van der Waals surface area contributed by atoms with E-state index >= 15 is 0 Å². The largest absolute Gasteiger partial charge is 0.481 e. The van der Waals surface area contributed by atoms with E-state index in [1.54, 1.807) is 0 Å². The average Bonchev–Trinajstić information content (AvgIpc) is 2.85.